The van der Waals surface area contributed by atoms with Crippen LogP contribution in [0.5, 0.6) is 0 Å². The summed E-state index contributed by atoms with van der Waals surface area (Å²) in [6.07, 6.45) is 8.77. The number of allylic oxidation sites excluding steroid dienone is 4. The molecule has 0 unspecified atom stereocenters. The molecule has 0 atom stereocenters. The lowest BCUT2D eigenvalue weighted by Gasteiger charge is -2.18. The molecule has 2 aromatic rings. The van der Waals surface area contributed by atoms with E-state index in [0.29, 0.717) is 5.92 Å². The molecule has 3 rings (SSSR count). The Morgan fingerprint density at radius 3 is 1.78 bits per heavy atom. The summed E-state index contributed by atoms with van der Waals surface area (Å²) < 4.78 is 0. The monoisotopic (exact) mass is 231 g/mol. The summed E-state index contributed by atoms with van der Waals surface area (Å²) >= 11 is 0. The lowest BCUT2D eigenvalue weighted by atomic mass is 9.85. The van der Waals surface area contributed by atoms with E-state index < -0.39 is 0 Å². The summed E-state index contributed by atoms with van der Waals surface area (Å²) in [6.45, 7) is 0. The molecule has 2 aromatic carbocycles. The van der Waals surface area contributed by atoms with E-state index in [1.165, 1.54) is 16.7 Å². The first-order chi connectivity index (χ1) is 8.95. The largest absolute Gasteiger partial charge is 0.0798 e. The summed E-state index contributed by atoms with van der Waals surface area (Å²) in [4.78, 5) is 0. The van der Waals surface area contributed by atoms with Gasteiger partial charge in [0.05, 0.1) is 0 Å². The van der Waals surface area contributed by atoms with E-state index in [1.54, 1.807) is 0 Å². The molecule has 0 amide bonds. The first-order valence-corrected chi connectivity index (χ1v) is 6.32. The van der Waals surface area contributed by atoms with E-state index >= 15 is 0 Å². The molecule has 0 bridgehead atoms. The first-order valence-electron chi connectivity index (χ1n) is 6.32. The average molecular weight is 231 g/mol. The van der Waals surface area contributed by atoms with Crippen molar-refractivity contribution in [2.75, 3.05) is 0 Å². The van der Waals surface area contributed by atoms with Gasteiger partial charge in [-0.2, -0.15) is 0 Å². The zero-order valence-corrected chi connectivity index (χ0v) is 10.2. The molecule has 0 nitrogen and oxygen atoms in total. The first kappa shape index (κ1) is 11.0. The molecule has 0 saturated carbocycles. The van der Waals surface area contributed by atoms with Crippen LogP contribution in [0.2, 0.25) is 0 Å². The van der Waals surface area contributed by atoms with Crippen molar-refractivity contribution in [3.63, 3.8) is 0 Å². The van der Waals surface area contributed by atoms with Crippen LogP contribution in [-0.4, -0.2) is 0 Å². The van der Waals surface area contributed by atoms with Gasteiger partial charge >= 0.3 is 0 Å². The van der Waals surface area contributed by atoms with Gasteiger partial charge in [0.25, 0.3) is 0 Å². The molecule has 0 aliphatic heterocycles. The van der Waals surface area contributed by atoms with Crippen LogP contribution in [0.3, 0.4) is 0 Å². The minimum atomic E-state index is 0.311. The zero-order valence-electron chi connectivity index (χ0n) is 10.2. The van der Waals surface area contributed by atoms with Crippen LogP contribution >= 0.6 is 0 Å². The predicted octanol–water partition coefficient (Wildman–Crippen LogP) is 4.51. The average Bonchev–Trinajstić information content (AvgIpc) is 2.95. The maximum Gasteiger partial charge on any atom is 0.0342 e. The fourth-order valence-corrected chi connectivity index (χ4v) is 2.46. The zero-order chi connectivity index (χ0) is 12.2. The highest BCUT2D eigenvalue weighted by Crippen LogP contribution is 2.34. The van der Waals surface area contributed by atoms with Crippen molar-refractivity contribution in [1.82, 2.24) is 0 Å². The van der Waals surface area contributed by atoms with Gasteiger partial charge in [0.1, 0.15) is 0 Å². The van der Waals surface area contributed by atoms with E-state index in [4.69, 9.17) is 0 Å². The van der Waals surface area contributed by atoms with Gasteiger partial charge in [0, 0.05) is 5.92 Å². The van der Waals surface area contributed by atoms with Crippen molar-refractivity contribution >= 4 is 0 Å². The summed E-state index contributed by atoms with van der Waals surface area (Å²) in [5.74, 6) is 0.311. The third kappa shape index (κ3) is 2.14. The summed E-state index contributed by atoms with van der Waals surface area (Å²) in [5, 5.41) is 0. The second kappa shape index (κ2) is 5.05. The van der Waals surface area contributed by atoms with Crippen LogP contribution in [-0.2, 0) is 0 Å². The summed E-state index contributed by atoms with van der Waals surface area (Å²) in [6, 6.07) is 21.3. The minimum Gasteiger partial charge on any atom is -0.0798 e. The molecule has 0 aromatic heterocycles. The highest BCUT2D eigenvalue weighted by Gasteiger charge is 2.18. The molecular formula is C18H15. The molecule has 0 spiro atoms. The van der Waals surface area contributed by atoms with Gasteiger partial charge in [-0.3, -0.25) is 0 Å². The molecule has 18 heavy (non-hydrogen) atoms. The normalized spacial score (nSPS) is 13.9. The third-order valence-electron chi connectivity index (χ3n) is 3.30. The van der Waals surface area contributed by atoms with Crippen LogP contribution < -0.4 is 0 Å². The molecule has 0 N–H and O–H groups in total. The third-order valence-corrected chi connectivity index (χ3v) is 3.30. The Balaban J connectivity index is 2.07. The van der Waals surface area contributed by atoms with Crippen LogP contribution in [0.25, 0.3) is 0 Å². The molecule has 87 valence electrons. The van der Waals surface area contributed by atoms with Gasteiger partial charge in [-0.25, -0.2) is 0 Å². The minimum absolute atomic E-state index is 0.311. The van der Waals surface area contributed by atoms with Gasteiger partial charge in [-0.1, -0.05) is 72.8 Å². The topological polar surface area (TPSA) is 0 Å². The summed E-state index contributed by atoms with van der Waals surface area (Å²) in [5.41, 5.74) is 3.95. The van der Waals surface area contributed by atoms with Crippen molar-refractivity contribution in [3.8, 4) is 0 Å². The molecule has 1 aliphatic rings. The molecule has 1 radical (unpaired) electrons. The van der Waals surface area contributed by atoms with E-state index in [1.807, 2.05) is 0 Å². The van der Waals surface area contributed by atoms with Crippen molar-refractivity contribution in [1.29, 1.82) is 0 Å². The number of hydrogen-bond donors (Lipinski definition) is 0. The molecule has 0 saturated heterocycles. The lowest BCUT2D eigenvalue weighted by Crippen LogP contribution is -2.02. The van der Waals surface area contributed by atoms with Crippen LogP contribution in [0.1, 0.15) is 23.5 Å². The van der Waals surface area contributed by atoms with Crippen molar-refractivity contribution in [2.45, 2.75) is 12.3 Å². The van der Waals surface area contributed by atoms with E-state index in [9.17, 15) is 0 Å². The predicted molar refractivity (Wildman–Crippen MR) is 75.2 cm³/mol. The van der Waals surface area contributed by atoms with E-state index in [0.717, 1.165) is 6.42 Å². The lowest BCUT2D eigenvalue weighted by molar-refractivity contribution is 0.973. The quantitative estimate of drug-likeness (QED) is 0.729. The summed E-state index contributed by atoms with van der Waals surface area (Å²) in [7, 11) is 0. The maximum absolute atomic E-state index is 3.46. The Labute approximate surface area is 108 Å². The molecule has 0 heterocycles. The SMILES string of the molecule is [C]1=C(C(c2ccccc2)c2ccccc2)C=CC1. The van der Waals surface area contributed by atoms with Gasteiger partial charge < -0.3 is 0 Å². The van der Waals surface area contributed by atoms with E-state index in [-0.39, 0.29) is 0 Å². The fraction of sp³-hybridized carbons (Fsp3) is 0.111. The Bertz CT molecular complexity index is 522. The van der Waals surface area contributed by atoms with Crippen LogP contribution in [0, 0.1) is 6.08 Å². The van der Waals surface area contributed by atoms with E-state index in [2.05, 4.69) is 78.9 Å². The fourth-order valence-electron chi connectivity index (χ4n) is 2.46. The molecular weight excluding hydrogens is 216 g/mol. The van der Waals surface area contributed by atoms with Gasteiger partial charge in [-0.15, -0.1) is 0 Å². The smallest absolute Gasteiger partial charge is 0.0342 e. The Morgan fingerprint density at radius 2 is 1.33 bits per heavy atom. The Morgan fingerprint density at radius 1 is 0.778 bits per heavy atom. The second-order valence-electron chi connectivity index (χ2n) is 4.49. The highest BCUT2D eigenvalue weighted by atomic mass is 14.2. The Hall–Kier alpha value is -2.08. The molecule has 0 fully saturated rings. The van der Waals surface area contributed by atoms with Crippen molar-refractivity contribution in [3.05, 3.63) is 95.6 Å². The van der Waals surface area contributed by atoms with Crippen LogP contribution in [0.15, 0.2) is 78.4 Å². The van der Waals surface area contributed by atoms with Gasteiger partial charge in [0.15, 0.2) is 0 Å². The second-order valence-corrected chi connectivity index (χ2v) is 4.49. The number of hydrogen-bond acceptors (Lipinski definition) is 0. The number of benzene rings is 2. The van der Waals surface area contributed by atoms with Crippen LogP contribution in [0.4, 0.5) is 0 Å². The molecule has 1 aliphatic carbocycles. The van der Waals surface area contributed by atoms with Crippen molar-refractivity contribution in [2.24, 2.45) is 0 Å². The maximum atomic E-state index is 3.46. The molecule has 0 heteroatoms. The number of rotatable bonds is 3. The van der Waals surface area contributed by atoms with Crippen molar-refractivity contribution < 1.29 is 0 Å². The van der Waals surface area contributed by atoms with Gasteiger partial charge in [0.2, 0.25) is 0 Å². The highest BCUT2D eigenvalue weighted by molar-refractivity contribution is 5.45. The standard InChI is InChI=1S/C18H15/c1-3-9-15(10-4-1)18(17-13-7-8-14-17)16-11-5-2-6-12-16/h1-7,9-13,18H,8H2. The van der Waals surface area contributed by atoms with Gasteiger partial charge in [-0.05, 0) is 29.2 Å². The Kier molecular flexibility index (Phi) is 3.10.